The van der Waals surface area contributed by atoms with E-state index in [1.165, 1.54) is 0 Å². The van der Waals surface area contributed by atoms with Crippen LogP contribution < -0.4 is 0 Å². The summed E-state index contributed by atoms with van der Waals surface area (Å²) in [5.41, 5.74) is 0. The fourth-order valence-electron chi connectivity index (χ4n) is 1.05. The highest BCUT2D eigenvalue weighted by molar-refractivity contribution is 5.34. The first-order chi connectivity index (χ1) is 9.44. The van der Waals surface area contributed by atoms with Crippen molar-refractivity contribution in [3.8, 4) is 0 Å². The fourth-order valence-corrected chi connectivity index (χ4v) is 1.05. The third-order valence-electron chi connectivity index (χ3n) is 2.18. The lowest BCUT2D eigenvalue weighted by molar-refractivity contribution is -0.376. The lowest BCUT2D eigenvalue weighted by Crippen LogP contribution is -2.64. The minimum Gasteiger partial charge on any atom is -0.240 e. The predicted octanol–water partition coefficient (Wildman–Crippen LogP) is 4.11. The third kappa shape index (κ3) is 3.47. The van der Waals surface area contributed by atoms with Gasteiger partial charge in [0.1, 0.15) is 0 Å². The quantitative estimate of drug-likeness (QED) is 0.305. The molecule has 0 aliphatic rings. The number of nitrogens with zero attached hydrogens (tertiary/aromatic N) is 1. The van der Waals surface area contributed by atoms with E-state index in [4.69, 9.17) is 0 Å². The molecule has 0 aromatic carbocycles. The van der Waals surface area contributed by atoms with Crippen LogP contribution in [0.2, 0.25) is 0 Å². The molecule has 1 atom stereocenters. The van der Waals surface area contributed by atoms with Gasteiger partial charge < -0.3 is 0 Å². The van der Waals surface area contributed by atoms with Gasteiger partial charge in [-0.25, -0.2) is 9.18 Å². The van der Waals surface area contributed by atoms with Crippen molar-refractivity contribution in [2.24, 2.45) is 4.99 Å². The van der Waals surface area contributed by atoms with Gasteiger partial charge in [0.2, 0.25) is 6.08 Å². The van der Waals surface area contributed by atoms with E-state index in [9.17, 15) is 57.5 Å². The van der Waals surface area contributed by atoms with E-state index in [1.807, 2.05) is 0 Å². The molecule has 0 aromatic heterocycles. The third-order valence-corrected chi connectivity index (χ3v) is 2.18. The molecule has 14 heteroatoms. The second-order valence-electron chi connectivity index (χ2n) is 3.80. The van der Waals surface area contributed by atoms with Crippen LogP contribution in [-0.4, -0.2) is 42.2 Å². The van der Waals surface area contributed by atoms with Crippen LogP contribution >= 0.6 is 0 Å². The maximum Gasteiger partial charge on any atom is 0.421 e. The molecule has 22 heavy (non-hydrogen) atoms. The molecule has 0 saturated heterocycles. The summed E-state index contributed by atoms with van der Waals surface area (Å²) < 4.78 is 149. The largest absolute Gasteiger partial charge is 0.421 e. The number of hydrogen-bond donors (Lipinski definition) is 0. The Balaban J connectivity index is 5.83. The van der Waals surface area contributed by atoms with Crippen LogP contribution in [0.1, 0.15) is 6.42 Å². The second kappa shape index (κ2) is 5.63. The smallest absolute Gasteiger partial charge is 0.240 e. The summed E-state index contributed by atoms with van der Waals surface area (Å²) in [6.45, 7) is 0. The minimum absolute atomic E-state index is 0.302. The van der Waals surface area contributed by atoms with Crippen molar-refractivity contribution in [3.63, 3.8) is 0 Å². The summed E-state index contributed by atoms with van der Waals surface area (Å²) >= 11 is 0. The average Bonchev–Trinajstić information content (AvgIpc) is 2.25. The molecule has 0 bridgehead atoms. The van der Waals surface area contributed by atoms with E-state index in [2.05, 4.69) is 0 Å². The molecule has 2 nitrogen and oxygen atoms in total. The zero-order valence-corrected chi connectivity index (χ0v) is 9.68. The van der Waals surface area contributed by atoms with Crippen LogP contribution in [-0.2, 0) is 4.79 Å². The van der Waals surface area contributed by atoms with Crippen molar-refractivity contribution < 1.29 is 57.5 Å². The molecule has 0 spiro atoms. The van der Waals surface area contributed by atoms with Crippen LogP contribution in [0.3, 0.4) is 0 Å². The summed E-state index contributed by atoms with van der Waals surface area (Å²) in [6, 6.07) is -6.46. The first-order valence-corrected chi connectivity index (χ1v) is 4.75. The van der Waals surface area contributed by atoms with Gasteiger partial charge in [0.15, 0.2) is 6.17 Å². The number of isocyanates is 1. The molecule has 0 amide bonds. The molecule has 0 rings (SSSR count). The lowest BCUT2D eigenvalue weighted by Gasteiger charge is -2.36. The Morgan fingerprint density at radius 3 is 1.55 bits per heavy atom. The molecular formula is C8H3F12NO. The summed E-state index contributed by atoms with van der Waals surface area (Å²) in [5.74, 6) is -21.3. The molecule has 130 valence electrons. The molecule has 0 aromatic rings. The molecule has 0 N–H and O–H groups in total. The Labute approximate surface area is 112 Å². The predicted molar refractivity (Wildman–Crippen MR) is 43.5 cm³/mol. The number of aliphatic imine (C=N–C) groups is 1. The average molecular weight is 357 g/mol. The summed E-state index contributed by atoms with van der Waals surface area (Å²) in [5, 5.41) is 0. The number of rotatable bonds is 6. The van der Waals surface area contributed by atoms with E-state index in [0.29, 0.717) is 0 Å². The molecule has 0 aliphatic heterocycles. The van der Waals surface area contributed by atoms with Gasteiger partial charge in [-0.2, -0.15) is 48.3 Å². The zero-order valence-electron chi connectivity index (χ0n) is 9.68. The number of alkyl halides is 12. The van der Waals surface area contributed by atoms with Crippen LogP contribution in [0.5, 0.6) is 0 Å². The van der Waals surface area contributed by atoms with Crippen molar-refractivity contribution >= 4 is 6.08 Å². The first kappa shape index (κ1) is 20.5. The van der Waals surface area contributed by atoms with Gasteiger partial charge in [-0.3, -0.25) is 0 Å². The first-order valence-electron chi connectivity index (χ1n) is 4.75. The van der Waals surface area contributed by atoms with Crippen molar-refractivity contribution in [1.82, 2.24) is 0 Å². The fraction of sp³-hybridized carbons (Fsp3) is 0.875. The summed E-state index contributed by atoms with van der Waals surface area (Å²) in [7, 11) is 0. The van der Waals surface area contributed by atoms with E-state index in [1.54, 1.807) is 0 Å². The van der Waals surface area contributed by atoms with Crippen LogP contribution in [0.25, 0.3) is 0 Å². The molecule has 0 heterocycles. The Morgan fingerprint density at radius 2 is 1.23 bits per heavy atom. The van der Waals surface area contributed by atoms with Gasteiger partial charge in [-0.15, -0.1) is 4.99 Å². The standard InChI is InChI=1S/C8H3F12NO/c9-3(1-4(10,11)12)5(13,14)6(15,16)7(17,18)8(19,20)21-2-22/h3H,1H2. The number of hydrogen-bond acceptors (Lipinski definition) is 2. The molecule has 0 aliphatic carbocycles. The Bertz CT molecular complexity index is 449. The highest BCUT2D eigenvalue weighted by atomic mass is 19.4. The van der Waals surface area contributed by atoms with Gasteiger partial charge >= 0.3 is 30.0 Å². The van der Waals surface area contributed by atoms with E-state index >= 15 is 0 Å². The zero-order chi connectivity index (χ0) is 18.2. The van der Waals surface area contributed by atoms with Gasteiger partial charge in [0.05, 0.1) is 6.42 Å². The molecule has 0 fully saturated rings. The van der Waals surface area contributed by atoms with Gasteiger partial charge in [-0.05, 0) is 0 Å². The van der Waals surface area contributed by atoms with Gasteiger partial charge in [0, 0.05) is 0 Å². The number of halogens is 12. The number of carbonyl (C=O) groups excluding carboxylic acids is 1. The second-order valence-corrected chi connectivity index (χ2v) is 3.80. The van der Waals surface area contributed by atoms with Crippen molar-refractivity contribution in [3.05, 3.63) is 0 Å². The molecule has 1 unspecified atom stereocenters. The van der Waals surface area contributed by atoms with Crippen molar-refractivity contribution in [2.45, 2.75) is 42.6 Å². The van der Waals surface area contributed by atoms with Crippen LogP contribution in [0.4, 0.5) is 52.7 Å². The monoisotopic (exact) mass is 357 g/mol. The summed E-state index contributed by atoms with van der Waals surface area (Å²) in [6.07, 6.45) is -14.4. The van der Waals surface area contributed by atoms with Crippen LogP contribution in [0.15, 0.2) is 4.99 Å². The summed E-state index contributed by atoms with van der Waals surface area (Å²) in [4.78, 5) is 10.3. The van der Waals surface area contributed by atoms with Crippen LogP contribution in [0, 0.1) is 0 Å². The Morgan fingerprint density at radius 1 is 0.818 bits per heavy atom. The molecule has 0 saturated carbocycles. The van der Waals surface area contributed by atoms with Crippen molar-refractivity contribution in [2.75, 3.05) is 0 Å². The maximum atomic E-state index is 12.8. The van der Waals surface area contributed by atoms with Gasteiger partial charge in [0.25, 0.3) is 0 Å². The van der Waals surface area contributed by atoms with Gasteiger partial charge in [-0.1, -0.05) is 0 Å². The topological polar surface area (TPSA) is 29.4 Å². The van der Waals surface area contributed by atoms with E-state index in [0.717, 1.165) is 4.99 Å². The lowest BCUT2D eigenvalue weighted by atomic mass is 9.97. The molecular weight excluding hydrogens is 354 g/mol. The minimum atomic E-state index is -7.30. The SMILES string of the molecule is O=C=NC(F)(F)C(F)(F)C(F)(F)C(F)(F)C(F)CC(F)(F)F. The Hall–Kier alpha value is -1.46. The normalized spacial score (nSPS) is 16.2. The highest BCUT2D eigenvalue weighted by Crippen LogP contribution is 2.55. The van der Waals surface area contributed by atoms with E-state index in [-0.39, 0.29) is 6.08 Å². The highest BCUT2D eigenvalue weighted by Gasteiger charge is 2.83. The van der Waals surface area contributed by atoms with Crippen molar-refractivity contribution in [1.29, 1.82) is 0 Å². The maximum absolute atomic E-state index is 12.8. The van der Waals surface area contributed by atoms with E-state index < -0.39 is 42.6 Å². The molecule has 0 radical (unpaired) electrons. The Kier molecular flexibility index (Phi) is 5.26.